The molecule has 0 aliphatic carbocycles. The van der Waals surface area contributed by atoms with Crippen molar-refractivity contribution in [3.63, 3.8) is 0 Å². The molecule has 0 aromatic heterocycles. The second-order valence-electron chi connectivity index (χ2n) is 4.43. The second-order valence-corrected chi connectivity index (χ2v) is 4.43. The topological polar surface area (TPSA) is 80.5 Å². The normalized spacial score (nSPS) is 19.1. The highest BCUT2D eigenvalue weighted by molar-refractivity contribution is 6.03. The first-order valence-electron chi connectivity index (χ1n) is 5.67. The van der Waals surface area contributed by atoms with Crippen LogP contribution < -0.4 is 0 Å². The van der Waals surface area contributed by atoms with Crippen LogP contribution >= 0.6 is 0 Å². The predicted octanol–water partition coefficient (Wildman–Crippen LogP) is 1.63. The van der Waals surface area contributed by atoms with Gasteiger partial charge in [-0.2, -0.15) is 4.39 Å². The van der Waals surface area contributed by atoms with Gasteiger partial charge >= 0.3 is 5.69 Å². The van der Waals surface area contributed by atoms with Crippen LogP contribution in [0.25, 0.3) is 0 Å². The lowest BCUT2D eigenvalue weighted by Crippen LogP contribution is -2.30. The standard InChI is InChI=1S/C12H11FN2O4/c1-7-5-10(16)14(12(7)17)6-8-3-2-4-9(11(8)13)15(18)19/h2-4,7H,5-6H2,1H3. The Hall–Kier alpha value is -2.31. The minimum Gasteiger partial charge on any atom is -0.278 e. The molecule has 0 radical (unpaired) electrons. The maximum atomic E-state index is 13.8. The summed E-state index contributed by atoms with van der Waals surface area (Å²) >= 11 is 0. The maximum Gasteiger partial charge on any atom is 0.305 e. The van der Waals surface area contributed by atoms with E-state index in [2.05, 4.69) is 0 Å². The van der Waals surface area contributed by atoms with Gasteiger partial charge in [-0.3, -0.25) is 24.6 Å². The van der Waals surface area contributed by atoms with Gasteiger partial charge < -0.3 is 0 Å². The molecule has 0 spiro atoms. The zero-order valence-electron chi connectivity index (χ0n) is 10.1. The smallest absolute Gasteiger partial charge is 0.278 e. The fourth-order valence-corrected chi connectivity index (χ4v) is 2.01. The van der Waals surface area contributed by atoms with Crippen LogP contribution in [0.3, 0.4) is 0 Å². The molecule has 2 rings (SSSR count). The molecular formula is C12H11FN2O4. The summed E-state index contributed by atoms with van der Waals surface area (Å²) in [5.74, 6) is -2.19. The van der Waals surface area contributed by atoms with Crippen molar-refractivity contribution >= 4 is 17.5 Å². The van der Waals surface area contributed by atoms with E-state index in [0.29, 0.717) is 0 Å². The van der Waals surface area contributed by atoms with Crippen molar-refractivity contribution in [1.82, 2.24) is 4.90 Å². The molecule has 1 heterocycles. The Kier molecular flexibility index (Phi) is 3.28. The summed E-state index contributed by atoms with van der Waals surface area (Å²) in [7, 11) is 0. The van der Waals surface area contributed by atoms with Gasteiger partial charge in [-0.05, 0) is 0 Å². The molecule has 100 valence electrons. The first-order chi connectivity index (χ1) is 8.91. The Balaban J connectivity index is 2.30. The summed E-state index contributed by atoms with van der Waals surface area (Å²) < 4.78 is 13.8. The van der Waals surface area contributed by atoms with Gasteiger partial charge in [0.25, 0.3) is 0 Å². The molecule has 1 saturated heterocycles. The Morgan fingerprint density at radius 3 is 2.68 bits per heavy atom. The Labute approximate surface area is 108 Å². The van der Waals surface area contributed by atoms with Crippen LogP contribution in [0.1, 0.15) is 18.9 Å². The number of carbonyl (C=O) groups is 2. The van der Waals surface area contributed by atoms with Crippen LogP contribution in [0.2, 0.25) is 0 Å². The number of halogens is 1. The number of amides is 2. The van der Waals surface area contributed by atoms with Crippen LogP contribution in [0, 0.1) is 21.8 Å². The number of likely N-dealkylation sites (tertiary alicyclic amines) is 1. The number of hydrogen-bond donors (Lipinski definition) is 0. The first-order valence-corrected chi connectivity index (χ1v) is 5.67. The molecule has 2 amide bonds. The molecule has 0 saturated carbocycles. The first kappa shape index (κ1) is 13.1. The monoisotopic (exact) mass is 266 g/mol. The molecule has 1 aliphatic heterocycles. The average molecular weight is 266 g/mol. The van der Waals surface area contributed by atoms with E-state index in [1.165, 1.54) is 12.1 Å². The lowest BCUT2D eigenvalue weighted by molar-refractivity contribution is -0.387. The summed E-state index contributed by atoms with van der Waals surface area (Å²) in [6.07, 6.45) is 0.0926. The van der Waals surface area contributed by atoms with Crippen molar-refractivity contribution in [3.05, 3.63) is 39.7 Å². The van der Waals surface area contributed by atoms with E-state index in [9.17, 15) is 24.1 Å². The van der Waals surface area contributed by atoms with Crippen molar-refractivity contribution in [2.75, 3.05) is 0 Å². The number of carbonyl (C=O) groups excluding carboxylic acids is 2. The van der Waals surface area contributed by atoms with Crippen LogP contribution in [0.5, 0.6) is 0 Å². The number of hydrogen-bond acceptors (Lipinski definition) is 4. The number of rotatable bonds is 3. The van der Waals surface area contributed by atoms with E-state index in [1.54, 1.807) is 6.92 Å². The van der Waals surface area contributed by atoms with Crippen molar-refractivity contribution in [2.24, 2.45) is 5.92 Å². The molecule has 1 fully saturated rings. The summed E-state index contributed by atoms with van der Waals surface area (Å²) in [5, 5.41) is 10.6. The molecule has 7 heteroatoms. The Morgan fingerprint density at radius 2 is 2.16 bits per heavy atom. The van der Waals surface area contributed by atoms with Gasteiger partial charge in [0.05, 0.1) is 11.5 Å². The zero-order chi connectivity index (χ0) is 14.2. The molecule has 1 atom stereocenters. The number of nitrogens with zero attached hydrogens (tertiary/aromatic N) is 2. The molecule has 6 nitrogen and oxygen atoms in total. The summed E-state index contributed by atoms with van der Waals surface area (Å²) in [4.78, 5) is 34.0. The third-order valence-corrected chi connectivity index (χ3v) is 3.05. The maximum absolute atomic E-state index is 13.8. The van der Waals surface area contributed by atoms with E-state index in [4.69, 9.17) is 0 Å². The number of imide groups is 1. The summed E-state index contributed by atoms with van der Waals surface area (Å²) in [5.41, 5.74) is -0.699. The third-order valence-electron chi connectivity index (χ3n) is 3.05. The molecule has 19 heavy (non-hydrogen) atoms. The van der Waals surface area contributed by atoms with Gasteiger partial charge in [0, 0.05) is 24.0 Å². The minimum atomic E-state index is -1.01. The van der Waals surface area contributed by atoms with Crippen LogP contribution in [-0.2, 0) is 16.1 Å². The average Bonchev–Trinajstić information content (AvgIpc) is 2.58. The fourth-order valence-electron chi connectivity index (χ4n) is 2.01. The number of nitro groups is 1. The van der Waals surface area contributed by atoms with E-state index >= 15 is 0 Å². The van der Waals surface area contributed by atoms with Crippen molar-refractivity contribution in [1.29, 1.82) is 0 Å². The SMILES string of the molecule is CC1CC(=O)N(Cc2cccc([N+](=O)[O-])c2F)C1=O. The fraction of sp³-hybridized carbons (Fsp3) is 0.333. The summed E-state index contributed by atoms with van der Waals surface area (Å²) in [6.45, 7) is 1.35. The largest absolute Gasteiger partial charge is 0.305 e. The van der Waals surface area contributed by atoms with E-state index in [-0.39, 0.29) is 30.3 Å². The molecule has 0 bridgehead atoms. The van der Waals surface area contributed by atoms with Gasteiger partial charge in [-0.1, -0.05) is 19.1 Å². The third kappa shape index (κ3) is 2.31. The zero-order valence-corrected chi connectivity index (χ0v) is 10.1. The lowest BCUT2D eigenvalue weighted by atomic mass is 10.1. The number of nitro benzene ring substituents is 1. The van der Waals surface area contributed by atoms with Crippen LogP contribution in [-0.4, -0.2) is 21.6 Å². The van der Waals surface area contributed by atoms with E-state index in [0.717, 1.165) is 11.0 Å². The molecule has 1 aliphatic rings. The van der Waals surface area contributed by atoms with E-state index < -0.39 is 22.3 Å². The highest BCUT2D eigenvalue weighted by Crippen LogP contribution is 2.25. The van der Waals surface area contributed by atoms with Gasteiger partial charge in [-0.25, -0.2) is 0 Å². The highest BCUT2D eigenvalue weighted by Gasteiger charge is 2.36. The van der Waals surface area contributed by atoms with Crippen molar-refractivity contribution in [2.45, 2.75) is 19.9 Å². The number of benzene rings is 1. The van der Waals surface area contributed by atoms with Crippen molar-refractivity contribution in [3.8, 4) is 0 Å². The Morgan fingerprint density at radius 1 is 1.47 bits per heavy atom. The van der Waals surface area contributed by atoms with Crippen molar-refractivity contribution < 1.29 is 18.9 Å². The molecular weight excluding hydrogens is 255 g/mol. The van der Waals surface area contributed by atoms with Gasteiger partial charge in [-0.15, -0.1) is 0 Å². The van der Waals surface area contributed by atoms with Gasteiger partial charge in [0.1, 0.15) is 0 Å². The van der Waals surface area contributed by atoms with E-state index in [1.807, 2.05) is 0 Å². The lowest BCUT2D eigenvalue weighted by Gasteiger charge is -2.14. The molecule has 1 aromatic carbocycles. The summed E-state index contributed by atoms with van der Waals surface area (Å²) in [6, 6.07) is 3.69. The Bertz CT molecular complexity index is 573. The van der Waals surface area contributed by atoms with Crippen LogP contribution in [0.4, 0.5) is 10.1 Å². The van der Waals surface area contributed by atoms with Gasteiger partial charge in [0.15, 0.2) is 0 Å². The van der Waals surface area contributed by atoms with Gasteiger partial charge in [0.2, 0.25) is 17.6 Å². The molecule has 1 unspecified atom stereocenters. The predicted molar refractivity (Wildman–Crippen MR) is 62.4 cm³/mol. The molecule has 1 aromatic rings. The second kappa shape index (κ2) is 4.75. The highest BCUT2D eigenvalue weighted by atomic mass is 19.1. The minimum absolute atomic E-state index is 0.0370. The van der Waals surface area contributed by atoms with Crippen LogP contribution in [0.15, 0.2) is 18.2 Å². The quantitative estimate of drug-likeness (QED) is 0.473. The molecule has 0 N–H and O–H groups in total.